The summed E-state index contributed by atoms with van der Waals surface area (Å²) in [4.78, 5) is 14.1. The van der Waals surface area contributed by atoms with E-state index in [1.165, 1.54) is 30.5 Å². The predicted octanol–water partition coefficient (Wildman–Crippen LogP) is 3.58. The molecule has 1 aromatic heterocycles. The first-order valence-electron chi connectivity index (χ1n) is 8.83. The minimum Gasteiger partial charge on any atom is -0.353 e. The van der Waals surface area contributed by atoms with Gasteiger partial charge in [0, 0.05) is 53.9 Å². The Morgan fingerprint density at radius 2 is 1.79 bits per heavy atom. The van der Waals surface area contributed by atoms with Crippen LogP contribution in [0.3, 0.4) is 0 Å². The lowest BCUT2D eigenvalue weighted by Crippen LogP contribution is -2.68. The number of nitrogens with zero attached hydrogens (tertiary/aromatic N) is 4. The van der Waals surface area contributed by atoms with Gasteiger partial charge in [-0.15, -0.1) is 0 Å². The number of halogens is 1. The largest absolute Gasteiger partial charge is 0.353 e. The highest BCUT2D eigenvalue weighted by atomic mass is 79.9. The maximum Gasteiger partial charge on any atom is 0.132 e. The third kappa shape index (κ3) is 2.74. The number of piperidine rings is 1. The van der Waals surface area contributed by atoms with E-state index in [4.69, 9.17) is 0 Å². The predicted molar refractivity (Wildman–Crippen MR) is 98.1 cm³/mol. The number of anilines is 1. The Hall–Kier alpha value is -1.46. The van der Waals surface area contributed by atoms with Crippen LogP contribution >= 0.6 is 15.9 Å². The Labute approximate surface area is 151 Å². The number of benzene rings is 1. The Morgan fingerprint density at radius 3 is 2.50 bits per heavy atom. The van der Waals surface area contributed by atoms with E-state index in [9.17, 15) is 0 Å². The highest BCUT2D eigenvalue weighted by molar-refractivity contribution is 9.10. The summed E-state index contributed by atoms with van der Waals surface area (Å²) in [6.45, 7) is 3.25. The average molecular weight is 385 g/mol. The summed E-state index contributed by atoms with van der Waals surface area (Å²) in [5.41, 5.74) is 2.64. The molecular formula is C19H21BrN4. The van der Waals surface area contributed by atoms with E-state index < -0.39 is 0 Å². The summed E-state index contributed by atoms with van der Waals surface area (Å²) in [7, 11) is 0. The Kier molecular flexibility index (Phi) is 3.60. The van der Waals surface area contributed by atoms with E-state index in [0.29, 0.717) is 18.0 Å². The second kappa shape index (κ2) is 5.81. The van der Waals surface area contributed by atoms with Crippen molar-refractivity contribution < 1.29 is 0 Å². The van der Waals surface area contributed by atoms with E-state index in [2.05, 4.69) is 66.0 Å². The van der Waals surface area contributed by atoms with E-state index in [1.54, 1.807) is 6.33 Å². The van der Waals surface area contributed by atoms with Crippen molar-refractivity contribution in [3.05, 3.63) is 52.4 Å². The molecule has 24 heavy (non-hydrogen) atoms. The van der Waals surface area contributed by atoms with Gasteiger partial charge in [0.1, 0.15) is 12.1 Å². The molecule has 0 spiro atoms. The fraction of sp³-hybridized carbons (Fsp3) is 0.474. The van der Waals surface area contributed by atoms with Crippen LogP contribution < -0.4 is 4.90 Å². The molecule has 2 aromatic rings. The van der Waals surface area contributed by atoms with Gasteiger partial charge >= 0.3 is 0 Å². The molecular weight excluding hydrogens is 364 g/mol. The molecule has 4 fully saturated rings. The van der Waals surface area contributed by atoms with E-state index in [0.717, 1.165) is 29.9 Å². The molecule has 3 aliphatic heterocycles. The van der Waals surface area contributed by atoms with Crippen molar-refractivity contribution in [3.63, 3.8) is 0 Å². The quantitative estimate of drug-likeness (QED) is 0.806. The van der Waals surface area contributed by atoms with Crippen molar-refractivity contribution in [1.29, 1.82) is 0 Å². The maximum absolute atomic E-state index is 4.54. The molecule has 2 atom stereocenters. The van der Waals surface area contributed by atoms with E-state index >= 15 is 0 Å². The van der Waals surface area contributed by atoms with Crippen LogP contribution in [0.5, 0.6) is 0 Å². The molecule has 124 valence electrons. The minimum atomic E-state index is 0.659. The molecule has 1 aliphatic carbocycles. The molecule has 5 heteroatoms. The first kappa shape index (κ1) is 14.8. The first-order chi connectivity index (χ1) is 11.8. The van der Waals surface area contributed by atoms with Crippen LogP contribution in [0.2, 0.25) is 0 Å². The van der Waals surface area contributed by atoms with Gasteiger partial charge in [0.2, 0.25) is 0 Å². The van der Waals surface area contributed by atoms with Crippen LogP contribution in [0, 0.1) is 0 Å². The van der Waals surface area contributed by atoms with Crippen LogP contribution in [-0.2, 0) is 6.54 Å². The molecule has 4 nitrogen and oxygen atoms in total. The van der Waals surface area contributed by atoms with Gasteiger partial charge in [-0.05, 0) is 37.0 Å². The zero-order chi connectivity index (χ0) is 16.1. The molecule has 6 rings (SSSR count). The number of aromatic nitrogens is 2. The summed E-state index contributed by atoms with van der Waals surface area (Å²) < 4.78 is 1.15. The Morgan fingerprint density at radius 1 is 1.04 bits per heavy atom. The normalized spacial score (nSPS) is 26.3. The topological polar surface area (TPSA) is 32.3 Å². The maximum atomic E-state index is 4.54. The molecule has 0 radical (unpaired) electrons. The Bertz CT molecular complexity index is 731. The molecule has 0 N–H and O–H groups in total. The summed E-state index contributed by atoms with van der Waals surface area (Å²) in [5, 5.41) is 0. The molecule has 0 amide bonds. The zero-order valence-electron chi connectivity index (χ0n) is 13.6. The summed E-state index contributed by atoms with van der Waals surface area (Å²) in [6.07, 6.45) is 5.67. The lowest BCUT2D eigenvalue weighted by Gasteiger charge is -2.56. The zero-order valence-corrected chi connectivity index (χ0v) is 15.2. The minimum absolute atomic E-state index is 0.659. The number of hydrogen-bond donors (Lipinski definition) is 0. The van der Waals surface area contributed by atoms with Gasteiger partial charge in [0.05, 0.1) is 0 Å². The van der Waals surface area contributed by atoms with Crippen LogP contribution in [-0.4, -0.2) is 40.0 Å². The number of fused-ring (bicyclic) bond motifs is 2. The van der Waals surface area contributed by atoms with Gasteiger partial charge < -0.3 is 4.90 Å². The number of hydrogen-bond acceptors (Lipinski definition) is 4. The summed E-state index contributed by atoms with van der Waals surface area (Å²) >= 11 is 3.51. The van der Waals surface area contributed by atoms with E-state index in [1.807, 2.05) is 0 Å². The molecule has 1 saturated carbocycles. The van der Waals surface area contributed by atoms with Gasteiger partial charge in [-0.25, -0.2) is 9.97 Å². The fourth-order valence-electron chi connectivity index (χ4n) is 4.07. The first-order valence-corrected chi connectivity index (χ1v) is 9.62. The molecule has 4 aliphatic rings. The molecule has 3 saturated heterocycles. The van der Waals surface area contributed by atoms with Crippen molar-refractivity contribution in [2.75, 3.05) is 18.0 Å². The summed E-state index contributed by atoms with van der Waals surface area (Å²) in [5.74, 6) is 1.82. The van der Waals surface area contributed by atoms with Crippen LogP contribution in [0.15, 0.2) is 41.1 Å². The monoisotopic (exact) mass is 384 g/mol. The molecule has 2 unspecified atom stereocenters. The third-order valence-corrected chi connectivity index (χ3v) is 6.14. The Balaban J connectivity index is 1.27. The lowest BCUT2D eigenvalue weighted by molar-refractivity contribution is -0.00869. The number of rotatable bonds is 4. The molecule has 2 bridgehead atoms. The van der Waals surface area contributed by atoms with Crippen LogP contribution in [0.4, 0.5) is 5.82 Å². The van der Waals surface area contributed by atoms with Crippen molar-refractivity contribution in [2.45, 2.75) is 43.8 Å². The molecule has 1 aromatic carbocycles. The van der Waals surface area contributed by atoms with Crippen LogP contribution in [0.1, 0.15) is 36.4 Å². The standard InChI is InChI=1S/C19H21BrN4/c20-15-5-1-13(2-6-15)9-24-16-7-17(24)11-23(10-16)19-8-18(14-3-4-14)21-12-22-19/h1-2,5-6,8,12,14,16-17H,3-4,7,9-11H2. The summed E-state index contributed by atoms with van der Waals surface area (Å²) in [6, 6.07) is 12.3. The number of piperazine rings is 1. The lowest BCUT2D eigenvalue weighted by atomic mass is 9.86. The average Bonchev–Trinajstić information content (AvgIpc) is 3.46. The van der Waals surface area contributed by atoms with Gasteiger partial charge in [-0.3, -0.25) is 4.90 Å². The highest BCUT2D eigenvalue weighted by Crippen LogP contribution is 2.40. The third-order valence-electron chi connectivity index (χ3n) is 5.62. The van der Waals surface area contributed by atoms with Crippen molar-refractivity contribution >= 4 is 21.7 Å². The highest BCUT2D eigenvalue weighted by Gasteiger charge is 2.44. The SMILES string of the molecule is Brc1ccc(CN2C3CC2CN(c2cc(C4CC4)ncn2)C3)cc1. The van der Waals surface area contributed by atoms with E-state index in [-0.39, 0.29) is 0 Å². The second-order valence-corrected chi connectivity index (χ2v) is 8.24. The second-order valence-electron chi connectivity index (χ2n) is 7.32. The van der Waals surface area contributed by atoms with Gasteiger partial charge in [-0.1, -0.05) is 28.1 Å². The van der Waals surface area contributed by atoms with Gasteiger partial charge in [0.25, 0.3) is 0 Å². The van der Waals surface area contributed by atoms with Gasteiger partial charge in [-0.2, -0.15) is 0 Å². The molecule has 4 heterocycles. The van der Waals surface area contributed by atoms with Crippen LogP contribution in [0.25, 0.3) is 0 Å². The van der Waals surface area contributed by atoms with Gasteiger partial charge in [0.15, 0.2) is 0 Å². The van der Waals surface area contributed by atoms with Crippen molar-refractivity contribution in [2.24, 2.45) is 0 Å². The van der Waals surface area contributed by atoms with Crippen molar-refractivity contribution in [1.82, 2.24) is 14.9 Å². The van der Waals surface area contributed by atoms with Crippen molar-refractivity contribution in [3.8, 4) is 0 Å². The fourth-order valence-corrected chi connectivity index (χ4v) is 4.33. The smallest absolute Gasteiger partial charge is 0.132 e.